The molecule has 2 aromatic rings. The summed E-state index contributed by atoms with van der Waals surface area (Å²) in [5, 5.41) is 2.37. The maximum Gasteiger partial charge on any atom is 0.281 e. The van der Waals surface area contributed by atoms with Gasteiger partial charge in [0.05, 0.1) is 0 Å². The normalized spacial score (nSPS) is 12.2. The van der Waals surface area contributed by atoms with Crippen molar-refractivity contribution in [3.8, 4) is 11.8 Å². The van der Waals surface area contributed by atoms with E-state index in [1.807, 2.05) is 24.8 Å². The molecule has 1 nitrogen and oxygen atoms in total. The molecule has 0 aliphatic heterocycles. The van der Waals surface area contributed by atoms with E-state index < -0.39 is 8.32 Å². The lowest BCUT2D eigenvalue weighted by molar-refractivity contribution is 0.229. The minimum Gasteiger partial charge on any atom is -0.391 e. The van der Waals surface area contributed by atoms with E-state index in [0.29, 0.717) is 5.92 Å². The first-order valence-corrected chi connectivity index (χ1v) is 11.1. The van der Waals surface area contributed by atoms with E-state index in [-0.39, 0.29) is 6.10 Å². The van der Waals surface area contributed by atoms with Gasteiger partial charge in [0, 0.05) is 0 Å². The Morgan fingerprint density at radius 2 is 1.54 bits per heavy atom. The van der Waals surface area contributed by atoms with Crippen molar-refractivity contribution < 1.29 is 4.43 Å². The zero-order chi connectivity index (χ0) is 19.0. The van der Waals surface area contributed by atoms with Gasteiger partial charge < -0.3 is 4.43 Å². The molecule has 0 aliphatic rings. The van der Waals surface area contributed by atoms with E-state index in [4.69, 9.17) is 4.43 Å². The molecular formula is C24H28OSi. The molecule has 0 radical (unpaired) electrons. The highest BCUT2D eigenvalue weighted by Crippen LogP contribution is 2.17. The van der Waals surface area contributed by atoms with Gasteiger partial charge in [-0.15, -0.1) is 6.58 Å². The second kappa shape index (κ2) is 9.38. The first-order chi connectivity index (χ1) is 12.5. The molecule has 26 heavy (non-hydrogen) atoms. The average molecular weight is 361 g/mol. The zero-order valence-electron chi connectivity index (χ0n) is 16.0. The van der Waals surface area contributed by atoms with Crippen LogP contribution in [0.1, 0.15) is 27.2 Å². The van der Waals surface area contributed by atoms with E-state index in [1.54, 1.807) is 0 Å². The molecule has 2 rings (SSSR count). The van der Waals surface area contributed by atoms with Crippen LogP contribution in [0.4, 0.5) is 0 Å². The van der Waals surface area contributed by atoms with Crippen LogP contribution in [0.5, 0.6) is 0 Å². The molecule has 0 spiro atoms. The van der Waals surface area contributed by atoms with E-state index in [1.165, 1.54) is 10.4 Å². The predicted molar refractivity (Wildman–Crippen MR) is 115 cm³/mol. The summed E-state index contributed by atoms with van der Waals surface area (Å²) in [4.78, 5) is 0. The fraction of sp³-hybridized carbons (Fsp3) is 0.250. The molecule has 1 unspecified atom stereocenters. The molecule has 2 heteroatoms. The molecule has 0 heterocycles. The summed E-state index contributed by atoms with van der Waals surface area (Å²) in [5.74, 6) is 6.90. The van der Waals surface area contributed by atoms with Crippen LogP contribution in [-0.4, -0.2) is 14.4 Å². The van der Waals surface area contributed by atoms with E-state index in [2.05, 4.69) is 87.4 Å². The van der Waals surface area contributed by atoms with Crippen molar-refractivity contribution in [2.75, 3.05) is 0 Å². The Labute approximate surface area is 159 Å². The smallest absolute Gasteiger partial charge is 0.281 e. The highest BCUT2D eigenvalue weighted by molar-refractivity contribution is 7.01. The fourth-order valence-electron chi connectivity index (χ4n) is 2.95. The van der Waals surface area contributed by atoms with Crippen LogP contribution in [-0.2, 0) is 4.43 Å². The summed E-state index contributed by atoms with van der Waals surface area (Å²) in [7, 11) is -2.59. The van der Waals surface area contributed by atoms with Gasteiger partial charge in [0.2, 0.25) is 0 Å². The SMILES string of the molecule is C=C[Si](OC(C#CC(=C)C)CC(C)C)(c1ccccc1)c1ccccc1. The predicted octanol–water partition coefficient (Wildman–Crippen LogP) is 4.48. The maximum atomic E-state index is 6.83. The standard InChI is InChI=1S/C24H28OSi/c1-6-26(23-13-9-7-10-14-23,24-15-11-8-12-16-24)25-22(19-21(4)5)18-17-20(2)3/h6-16,21-22H,1-2,19H2,3-5H3. The summed E-state index contributed by atoms with van der Waals surface area (Å²) in [6.07, 6.45) is 0.722. The average Bonchev–Trinajstić information content (AvgIpc) is 2.65. The molecule has 0 bridgehead atoms. The van der Waals surface area contributed by atoms with Crippen LogP contribution in [0, 0.1) is 17.8 Å². The third-order valence-electron chi connectivity index (χ3n) is 4.15. The highest BCUT2D eigenvalue weighted by Gasteiger charge is 2.38. The Balaban J connectivity index is 2.54. The third kappa shape index (κ3) is 5.08. The van der Waals surface area contributed by atoms with Gasteiger partial charge in [0.15, 0.2) is 0 Å². The van der Waals surface area contributed by atoms with Crippen LogP contribution >= 0.6 is 0 Å². The molecule has 1 atom stereocenters. The minimum absolute atomic E-state index is 0.156. The number of allylic oxidation sites excluding steroid dienone is 1. The zero-order valence-corrected chi connectivity index (χ0v) is 17.0. The summed E-state index contributed by atoms with van der Waals surface area (Å²) in [6.45, 7) is 14.4. The van der Waals surface area contributed by atoms with Gasteiger partial charge >= 0.3 is 0 Å². The van der Waals surface area contributed by atoms with Crippen molar-refractivity contribution in [2.45, 2.75) is 33.3 Å². The molecular weight excluding hydrogens is 332 g/mol. The lowest BCUT2D eigenvalue weighted by Gasteiger charge is -2.32. The topological polar surface area (TPSA) is 9.23 Å². The molecule has 0 saturated carbocycles. The van der Waals surface area contributed by atoms with Crippen LogP contribution in [0.15, 0.2) is 85.1 Å². The lowest BCUT2D eigenvalue weighted by atomic mass is 10.1. The van der Waals surface area contributed by atoms with Gasteiger partial charge in [-0.3, -0.25) is 0 Å². The van der Waals surface area contributed by atoms with Gasteiger partial charge in [-0.05, 0) is 35.2 Å². The van der Waals surface area contributed by atoms with Crippen LogP contribution < -0.4 is 10.4 Å². The number of rotatable bonds is 7. The maximum absolute atomic E-state index is 6.83. The summed E-state index contributed by atoms with van der Waals surface area (Å²) >= 11 is 0. The molecule has 134 valence electrons. The van der Waals surface area contributed by atoms with E-state index in [0.717, 1.165) is 12.0 Å². The molecule has 0 N–H and O–H groups in total. The number of hydrogen-bond acceptors (Lipinski definition) is 1. The molecule has 0 fully saturated rings. The summed E-state index contributed by atoms with van der Waals surface area (Å²) in [5.41, 5.74) is 2.88. The van der Waals surface area contributed by atoms with Crippen molar-refractivity contribution in [2.24, 2.45) is 5.92 Å². The first-order valence-electron chi connectivity index (χ1n) is 9.07. The van der Waals surface area contributed by atoms with Crippen LogP contribution in [0.3, 0.4) is 0 Å². The van der Waals surface area contributed by atoms with Gasteiger partial charge in [-0.2, -0.15) is 0 Å². The Hall–Kier alpha value is -2.34. The molecule has 0 aliphatic carbocycles. The molecule has 0 amide bonds. The Morgan fingerprint density at radius 3 is 1.92 bits per heavy atom. The van der Waals surface area contributed by atoms with E-state index >= 15 is 0 Å². The minimum atomic E-state index is -2.59. The van der Waals surface area contributed by atoms with Crippen LogP contribution in [0.2, 0.25) is 0 Å². The van der Waals surface area contributed by atoms with Gasteiger partial charge in [-0.1, -0.05) is 98.6 Å². The largest absolute Gasteiger partial charge is 0.391 e. The second-order valence-corrected chi connectivity index (χ2v) is 10.2. The lowest BCUT2D eigenvalue weighted by Crippen LogP contribution is -2.61. The number of benzene rings is 2. The number of hydrogen-bond donors (Lipinski definition) is 0. The van der Waals surface area contributed by atoms with Gasteiger partial charge in [0.1, 0.15) is 6.10 Å². The molecule has 0 saturated heterocycles. The Morgan fingerprint density at radius 1 is 1.04 bits per heavy atom. The van der Waals surface area contributed by atoms with Crippen molar-refractivity contribution >= 4 is 18.7 Å². The highest BCUT2D eigenvalue weighted by atomic mass is 28.4. The Kier molecular flexibility index (Phi) is 7.21. The van der Waals surface area contributed by atoms with Crippen molar-refractivity contribution in [1.82, 2.24) is 0 Å². The van der Waals surface area contributed by atoms with Crippen LogP contribution in [0.25, 0.3) is 0 Å². The van der Waals surface area contributed by atoms with E-state index in [9.17, 15) is 0 Å². The van der Waals surface area contributed by atoms with Crippen molar-refractivity contribution in [3.63, 3.8) is 0 Å². The summed E-state index contributed by atoms with van der Waals surface area (Å²) in [6, 6.07) is 20.9. The first kappa shape index (κ1) is 20.0. The second-order valence-electron chi connectivity index (χ2n) is 6.96. The fourth-order valence-corrected chi connectivity index (χ4v) is 6.10. The third-order valence-corrected chi connectivity index (χ3v) is 7.77. The van der Waals surface area contributed by atoms with Gasteiger partial charge in [0.25, 0.3) is 8.32 Å². The van der Waals surface area contributed by atoms with Gasteiger partial charge in [-0.25, -0.2) is 0 Å². The summed E-state index contributed by atoms with van der Waals surface area (Å²) < 4.78 is 6.83. The van der Waals surface area contributed by atoms with Crippen molar-refractivity contribution in [1.29, 1.82) is 0 Å². The molecule has 2 aromatic carbocycles. The monoisotopic (exact) mass is 360 g/mol. The molecule has 0 aromatic heterocycles. The van der Waals surface area contributed by atoms with Crippen molar-refractivity contribution in [3.05, 3.63) is 85.1 Å². The Bertz CT molecular complexity index is 742. The quantitative estimate of drug-likeness (QED) is 0.522.